The van der Waals surface area contributed by atoms with Crippen LogP contribution in [0.5, 0.6) is 11.5 Å². The lowest BCUT2D eigenvalue weighted by Crippen LogP contribution is -2.29. The summed E-state index contributed by atoms with van der Waals surface area (Å²) in [6.07, 6.45) is 1.52. The van der Waals surface area contributed by atoms with Crippen molar-refractivity contribution < 1.29 is 19.4 Å². The van der Waals surface area contributed by atoms with E-state index in [1.807, 2.05) is 80.7 Å². The number of carbonyl (C=O) groups excluding carboxylic acids is 1. The molecule has 0 aliphatic heterocycles. The second kappa shape index (κ2) is 11.7. The summed E-state index contributed by atoms with van der Waals surface area (Å²) in [6, 6.07) is 21.3. The van der Waals surface area contributed by atoms with Gasteiger partial charge in [-0.2, -0.15) is 0 Å². The zero-order valence-corrected chi connectivity index (χ0v) is 22.3. The van der Waals surface area contributed by atoms with Gasteiger partial charge in [0.2, 0.25) is 5.91 Å². The average Bonchev–Trinajstić information content (AvgIpc) is 2.88. The Balaban J connectivity index is 2.02. The predicted molar refractivity (Wildman–Crippen MR) is 144 cm³/mol. The fourth-order valence-electron chi connectivity index (χ4n) is 4.06. The van der Waals surface area contributed by atoms with Crippen LogP contribution in [0.4, 0.5) is 0 Å². The van der Waals surface area contributed by atoms with E-state index in [1.54, 1.807) is 19.1 Å². The van der Waals surface area contributed by atoms with Crippen molar-refractivity contribution in [2.75, 3.05) is 32.2 Å². The van der Waals surface area contributed by atoms with Gasteiger partial charge in [-0.1, -0.05) is 70.6 Å². The predicted octanol–water partition coefficient (Wildman–Crippen LogP) is 5.12. The number of aliphatic hydroxyl groups is 1. The summed E-state index contributed by atoms with van der Waals surface area (Å²) in [7, 11) is 5.11. The highest BCUT2D eigenvalue weighted by Gasteiger charge is 2.34. The molecular formula is C28H32INO4. The minimum atomic E-state index is -1.35. The van der Waals surface area contributed by atoms with Gasteiger partial charge in [-0.05, 0) is 66.3 Å². The minimum Gasteiger partial charge on any atom is -0.497 e. The Kier molecular flexibility index (Phi) is 8.97. The number of methoxy groups -OCH3 is 2. The highest BCUT2D eigenvalue weighted by Crippen LogP contribution is 2.39. The number of hydrogen-bond donors (Lipinski definition) is 1. The van der Waals surface area contributed by atoms with Gasteiger partial charge in [0, 0.05) is 13.6 Å². The van der Waals surface area contributed by atoms with Gasteiger partial charge < -0.3 is 19.5 Å². The molecular weight excluding hydrogens is 541 g/mol. The van der Waals surface area contributed by atoms with Gasteiger partial charge in [-0.25, -0.2) is 0 Å². The van der Waals surface area contributed by atoms with E-state index < -0.39 is 5.60 Å². The summed E-state index contributed by atoms with van der Waals surface area (Å²) < 4.78 is 11.4. The van der Waals surface area contributed by atoms with E-state index in [2.05, 4.69) is 22.6 Å². The molecule has 0 heterocycles. The second-order valence-corrected chi connectivity index (χ2v) is 9.15. The Morgan fingerprint density at radius 2 is 1.53 bits per heavy atom. The van der Waals surface area contributed by atoms with Gasteiger partial charge >= 0.3 is 0 Å². The second-order valence-electron chi connectivity index (χ2n) is 8.38. The summed E-state index contributed by atoms with van der Waals surface area (Å²) >= 11 is 2.09. The molecule has 3 aromatic rings. The molecule has 0 bridgehead atoms. The molecule has 0 fully saturated rings. The molecule has 0 saturated carbocycles. The zero-order valence-electron chi connectivity index (χ0n) is 20.2. The van der Waals surface area contributed by atoms with Crippen molar-refractivity contribution in [1.82, 2.24) is 4.90 Å². The lowest BCUT2D eigenvalue weighted by Gasteiger charge is -2.31. The quantitative estimate of drug-likeness (QED) is 0.208. The molecule has 180 valence electrons. The summed E-state index contributed by atoms with van der Waals surface area (Å²) in [5.74, 6) is 1.62. The number of benzene rings is 3. The first kappa shape index (κ1) is 26.0. The summed E-state index contributed by atoms with van der Waals surface area (Å²) in [5, 5.41) is 12.3. The van der Waals surface area contributed by atoms with Gasteiger partial charge in [0.15, 0.2) is 0 Å². The number of ether oxygens (including phenoxy) is 2. The fraction of sp³-hybridized carbons (Fsp3) is 0.321. The van der Waals surface area contributed by atoms with Gasteiger partial charge in [0.1, 0.15) is 17.1 Å². The van der Waals surface area contributed by atoms with Gasteiger partial charge in [0.05, 0.1) is 18.6 Å². The Bertz CT molecular complexity index is 1100. The van der Waals surface area contributed by atoms with Crippen molar-refractivity contribution in [1.29, 1.82) is 0 Å². The number of rotatable bonds is 10. The highest BCUT2D eigenvalue weighted by atomic mass is 127. The molecule has 0 saturated heterocycles. The Labute approximate surface area is 215 Å². The third-order valence-electron chi connectivity index (χ3n) is 6.16. The molecule has 1 amide bonds. The van der Waals surface area contributed by atoms with E-state index in [1.165, 1.54) is 0 Å². The average molecular weight is 573 g/mol. The normalized spacial score (nSPS) is 12.6. The topological polar surface area (TPSA) is 59.0 Å². The Morgan fingerprint density at radius 3 is 2.09 bits per heavy atom. The molecule has 0 aliphatic carbocycles. The van der Waals surface area contributed by atoms with Crippen LogP contribution in [-0.4, -0.2) is 48.2 Å². The molecule has 1 atom stereocenters. The SMILES string of the molecule is COc1ccc(C(O)(c2ccc(C)cc2)c2ccc(OC)c(CCCN(C)C(=O)CI)c2)cc1. The minimum absolute atomic E-state index is 0.120. The van der Waals surface area contributed by atoms with Crippen LogP contribution in [0.25, 0.3) is 0 Å². The summed E-state index contributed by atoms with van der Waals surface area (Å²) in [5.41, 5.74) is 3.06. The molecule has 0 spiro atoms. The Hall–Kier alpha value is -2.58. The summed E-state index contributed by atoms with van der Waals surface area (Å²) in [4.78, 5) is 13.7. The van der Waals surface area contributed by atoms with Crippen molar-refractivity contribution in [2.24, 2.45) is 0 Å². The molecule has 3 rings (SSSR count). The molecule has 1 N–H and O–H groups in total. The largest absolute Gasteiger partial charge is 0.497 e. The number of aryl methyl sites for hydroxylation is 2. The number of hydrogen-bond acceptors (Lipinski definition) is 4. The van der Waals surface area contributed by atoms with E-state index in [4.69, 9.17) is 9.47 Å². The first-order valence-electron chi connectivity index (χ1n) is 11.2. The Morgan fingerprint density at radius 1 is 0.941 bits per heavy atom. The smallest absolute Gasteiger partial charge is 0.232 e. The lowest BCUT2D eigenvalue weighted by atomic mass is 9.79. The number of amides is 1. The van der Waals surface area contributed by atoms with Gasteiger partial charge in [0.25, 0.3) is 0 Å². The fourth-order valence-corrected chi connectivity index (χ4v) is 4.64. The third kappa shape index (κ3) is 5.73. The van der Waals surface area contributed by atoms with Crippen molar-refractivity contribution in [3.05, 3.63) is 94.5 Å². The molecule has 0 radical (unpaired) electrons. The van der Waals surface area contributed by atoms with Crippen LogP contribution in [0.2, 0.25) is 0 Å². The standard InChI is InChI=1S/C28H32INO4/c1-20-7-9-22(10-8-20)28(32,23-11-14-25(33-3)15-12-23)24-13-16-26(34-4)21(18-24)6-5-17-30(2)27(31)19-29/h7-16,18,32H,5-6,17,19H2,1-4H3. The molecule has 0 aromatic heterocycles. The maximum absolute atomic E-state index is 12.3. The van der Waals surface area contributed by atoms with Crippen LogP contribution in [0.15, 0.2) is 66.7 Å². The molecule has 3 aromatic carbocycles. The highest BCUT2D eigenvalue weighted by molar-refractivity contribution is 14.1. The van der Waals surface area contributed by atoms with Crippen LogP contribution in [0.3, 0.4) is 0 Å². The van der Waals surface area contributed by atoms with E-state index >= 15 is 0 Å². The molecule has 34 heavy (non-hydrogen) atoms. The van der Waals surface area contributed by atoms with Crippen molar-refractivity contribution in [3.63, 3.8) is 0 Å². The number of carbonyl (C=O) groups is 1. The van der Waals surface area contributed by atoms with Crippen LogP contribution < -0.4 is 9.47 Å². The van der Waals surface area contributed by atoms with Crippen LogP contribution in [0.1, 0.15) is 34.2 Å². The van der Waals surface area contributed by atoms with E-state index in [0.717, 1.165) is 52.2 Å². The number of nitrogens with zero attached hydrogens (tertiary/aromatic N) is 1. The van der Waals surface area contributed by atoms with Gasteiger partial charge in [-0.15, -0.1) is 0 Å². The summed E-state index contributed by atoms with van der Waals surface area (Å²) in [6.45, 7) is 2.69. The maximum atomic E-state index is 12.3. The monoisotopic (exact) mass is 573 g/mol. The van der Waals surface area contributed by atoms with E-state index in [9.17, 15) is 9.90 Å². The molecule has 6 heteroatoms. The van der Waals surface area contributed by atoms with E-state index in [-0.39, 0.29) is 5.91 Å². The van der Waals surface area contributed by atoms with Crippen LogP contribution in [-0.2, 0) is 16.8 Å². The molecule has 1 unspecified atom stereocenters. The third-order valence-corrected chi connectivity index (χ3v) is 6.81. The van der Waals surface area contributed by atoms with E-state index in [0.29, 0.717) is 11.0 Å². The first-order valence-corrected chi connectivity index (χ1v) is 12.8. The maximum Gasteiger partial charge on any atom is 0.232 e. The number of alkyl halides is 1. The van der Waals surface area contributed by atoms with Crippen LogP contribution >= 0.6 is 22.6 Å². The van der Waals surface area contributed by atoms with Crippen molar-refractivity contribution >= 4 is 28.5 Å². The zero-order chi connectivity index (χ0) is 24.7. The van der Waals surface area contributed by atoms with Crippen molar-refractivity contribution in [3.8, 4) is 11.5 Å². The number of halogens is 1. The van der Waals surface area contributed by atoms with Crippen molar-refractivity contribution in [2.45, 2.75) is 25.4 Å². The van der Waals surface area contributed by atoms with Gasteiger partial charge in [-0.3, -0.25) is 4.79 Å². The molecule has 5 nitrogen and oxygen atoms in total. The lowest BCUT2D eigenvalue weighted by molar-refractivity contribution is -0.126. The first-order chi connectivity index (χ1) is 16.3. The van der Waals surface area contributed by atoms with Crippen LogP contribution in [0, 0.1) is 6.92 Å². The molecule has 0 aliphatic rings.